The fourth-order valence-corrected chi connectivity index (χ4v) is 3.96. The summed E-state index contributed by atoms with van der Waals surface area (Å²) < 4.78 is 36.0. The van der Waals surface area contributed by atoms with E-state index in [0.29, 0.717) is 21.3 Å². The highest BCUT2D eigenvalue weighted by molar-refractivity contribution is 7.87. The standard InChI is InChI=1S/C24H18Cl2N2O5S/c1-2-32-23-14-16(13-17(15-27)24(29)28-20-8-4-18(25)5-9-20)3-12-22(23)33-34(30,31)21-10-6-19(26)7-11-21/h3-14H,2H2,1H3,(H,28,29)/b17-13+. The van der Waals surface area contributed by atoms with E-state index < -0.39 is 16.0 Å². The number of carbonyl (C=O) groups excluding carboxylic acids is 1. The van der Waals surface area contributed by atoms with E-state index in [2.05, 4.69) is 5.32 Å². The van der Waals surface area contributed by atoms with Gasteiger partial charge in [0.1, 0.15) is 16.5 Å². The van der Waals surface area contributed by atoms with E-state index in [1.165, 1.54) is 48.5 Å². The Morgan fingerprint density at radius 3 is 2.21 bits per heavy atom. The summed E-state index contributed by atoms with van der Waals surface area (Å²) >= 11 is 11.7. The molecule has 0 aromatic heterocycles. The summed E-state index contributed by atoms with van der Waals surface area (Å²) in [5, 5.41) is 13.0. The van der Waals surface area contributed by atoms with Crippen molar-refractivity contribution in [2.45, 2.75) is 11.8 Å². The van der Waals surface area contributed by atoms with Crippen LogP contribution < -0.4 is 14.2 Å². The van der Waals surface area contributed by atoms with Gasteiger partial charge in [-0.05, 0) is 79.2 Å². The number of hydrogen-bond acceptors (Lipinski definition) is 6. The van der Waals surface area contributed by atoms with Gasteiger partial charge < -0.3 is 14.2 Å². The summed E-state index contributed by atoms with van der Waals surface area (Å²) in [6.45, 7) is 1.95. The molecule has 3 aromatic rings. The number of anilines is 1. The van der Waals surface area contributed by atoms with Gasteiger partial charge in [-0.3, -0.25) is 4.79 Å². The molecule has 0 unspecified atom stereocenters. The molecule has 0 radical (unpaired) electrons. The Bertz CT molecular complexity index is 1360. The summed E-state index contributed by atoms with van der Waals surface area (Å²) in [5.41, 5.74) is 0.740. The number of benzene rings is 3. The maximum Gasteiger partial charge on any atom is 0.339 e. The van der Waals surface area contributed by atoms with Crippen LogP contribution in [-0.2, 0) is 14.9 Å². The third-order valence-electron chi connectivity index (χ3n) is 4.35. The zero-order valence-corrected chi connectivity index (χ0v) is 20.1. The molecule has 1 amide bonds. The number of rotatable bonds is 8. The van der Waals surface area contributed by atoms with Crippen LogP contribution in [0.25, 0.3) is 6.08 Å². The minimum absolute atomic E-state index is 0.0435. The molecule has 0 fully saturated rings. The average molecular weight is 517 g/mol. The van der Waals surface area contributed by atoms with E-state index in [4.69, 9.17) is 32.1 Å². The van der Waals surface area contributed by atoms with Crippen LogP contribution in [0.3, 0.4) is 0 Å². The van der Waals surface area contributed by atoms with Crippen molar-refractivity contribution >= 4 is 51.0 Å². The number of nitrogens with zero attached hydrogens (tertiary/aromatic N) is 1. The van der Waals surface area contributed by atoms with Crippen LogP contribution in [0, 0.1) is 11.3 Å². The lowest BCUT2D eigenvalue weighted by molar-refractivity contribution is -0.112. The molecule has 1 N–H and O–H groups in total. The van der Waals surface area contributed by atoms with Gasteiger partial charge in [0.25, 0.3) is 5.91 Å². The lowest BCUT2D eigenvalue weighted by Gasteiger charge is -2.13. The Labute approximate surface area is 207 Å². The average Bonchev–Trinajstić information content (AvgIpc) is 2.81. The van der Waals surface area contributed by atoms with Gasteiger partial charge in [-0.15, -0.1) is 0 Å². The van der Waals surface area contributed by atoms with Crippen LogP contribution in [0.1, 0.15) is 12.5 Å². The minimum Gasteiger partial charge on any atom is -0.490 e. The summed E-state index contributed by atoms with van der Waals surface area (Å²) in [7, 11) is -4.14. The molecule has 10 heteroatoms. The molecule has 174 valence electrons. The highest BCUT2D eigenvalue weighted by Gasteiger charge is 2.20. The van der Waals surface area contributed by atoms with Gasteiger partial charge in [0, 0.05) is 15.7 Å². The number of nitriles is 1. The first-order valence-electron chi connectivity index (χ1n) is 9.87. The minimum atomic E-state index is -4.14. The topological polar surface area (TPSA) is 105 Å². The molecule has 7 nitrogen and oxygen atoms in total. The molecule has 0 aliphatic carbocycles. The van der Waals surface area contributed by atoms with Crippen molar-refractivity contribution in [2.24, 2.45) is 0 Å². The SMILES string of the molecule is CCOc1cc(/C=C(\C#N)C(=O)Nc2ccc(Cl)cc2)ccc1OS(=O)(=O)c1ccc(Cl)cc1. The predicted molar refractivity (Wildman–Crippen MR) is 131 cm³/mol. The largest absolute Gasteiger partial charge is 0.490 e. The van der Waals surface area contributed by atoms with Gasteiger partial charge in [-0.1, -0.05) is 29.3 Å². The van der Waals surface area contributed by atoms with E-state index in [0.717, 1.165) is 0 Å². The molecule has 3 aromatic carbocycles. The Morgan fingerprint density at radius 1 is 1.00 bits per heavy atom. The van der Waals surface area contributed by atoms with Gasteiger partial charge in [0.15, 0.2) is 11.5 Å². The molecule has 0 saturated heterocycles. The van der Waals surface area contributed by atoms with Gasteiger partial charge in [0.2, 0.25) is 0 Å². The number of amides is 1. The van der Waals surface area contributed by atoms with Crippen molar-refractivity contribution in [1.82, 2.24) is 0 Å². The van der Waals surface area contributed by atoms with E-state index in [1.807, 2.05) is 6.07 Å². The fourth-order valence-electron chi connectivity index (χ4n) is 2.77. The van der Waals surface area contributed by atoms with E-state index in [9.17, 15) is 18.5 Å². The van der Waals surface area contributed by atoms with Crippen molar-refractivity contribution < 1.29 is 22.1 Å². The van der Waals surface area contributed by atoms with Crippen molar-refractivity contribution in [1.29, 1.82) is 5.26 Å². The number of hydrogen-bond donors (Lipinski definition) is 1. The van der Waals surface area contributed by atoms with Crippen LogP contribution in [0.4, 0.5) is 5.69 Å². The molecular weight excluding hydrogens is 499 g/mol. The smallest absolute Gasteiger partial charge is 0.339 e. The molecule has 34 heavy (non-hydrogen) atoms. The summed E-state index contributed by atoms with van der Waals surface area (Å²) in [6.07, 6.45) is 1.35. The zero-order chi connectivity index (χ0) is 24.7. The molecule has 0 spiro atoms. The quantitative estimate of drug-likeness (QED) is 0.233. The Morgan fingerprint density at radius 2 is 1.62 bits per heavy atom. The monoisotopic (exact) mass is 516 g/mol. The second-order valence-electron chi connectivity index (χ2n) is 6.76. The number of nitrogens with one attached hydrogen (secondary N) is 1. The first kappa shape index (κ1) is 25.1. The first-order valence-corrected chi connectivity index (χ1v) is 12.0. The van der Waals surface area contributed by atoms with Crippen molar-refractivity contribution in [3.8, 4) is 17.6 Å². The lowest BCUT2D eigenvalue weighted by Crippen LogP contribution is -2.13. The zero-order valence-electron chi connectivity index (χ0n) is 17.8. The van der Waals surface area contributed by atoms with E-state index >= 15 is 0 Å². The van der Waals surface area contributed by atoms with Crippen LogP contribution >= 0.6 is 23.2 Å². The van der Waals surface area contributed by atoms with Crippen molar-refractivity contribution in [3.63, 3.8) is 0 Å². The molecule has 0 aliphatic heterocycles. The molecule has 0 heterocycles. The molecule has 3 rings (SSSR count). The maximum absolute atomic E-state index is 12.6. The van der Waals surface area contributed by atoms with Crippen LogP contribution in [-0.4, -0.2) is 20.9 Å². The van der Waals surface area contributed by atoms with Crippen LogP contribution in [0.15, 0.2) is 77.2 Å². The van der Waals surface area contributed by atoms with Gasteiger partial charge in [0.05, 0.1) is 6.61 Å². The fraction of sp³-hybridized carbons (Fsp3) is 0.0833. The molecule has 0 saturated carbocycles. The summed E-state index contributed by atoms with van der Waals surface area (Å²) in [6, 6.07) is 18.2. The highest BCUT2D eigenvalue weighted by Crippen LogP contribution is 2.32. The van der Waals surface area contributed by atoms with E-state index in [-0.39, 0.29) is 28.6 Å². The molecule has 0 atom stereocenters. The Hall–Kier alpha value is -3.51. The Kier molecular flexibility index (Phi) is 8.18. The lowest BCUT2D eigenvalue weighted by atomic mass is 10.1. The van der Waals surface area contributed by atoms with Gasteiger partial charge in [-0.25, -0.2) is 0 Å². The van der Waals surface area contributed by atoms with Gasteiger partial charge >= 0.3 is 10.1 Å². The third kappa shape index (κ3) is 6.51. The first-order chi connectivity index (χ1) is 16.2. The summed E-state index contributed by atoms with van der Waals surface area (Å²) in [5.74, 6) is -0.532. The molecule has 0 bridgehead atoms. The van der Waals surface area contributed by atoms with Crippen LogP contribution in [0.2, 0.25) is 10.0 Å². The molecule has 0 aliphatic rings. The van der Waals surface area contributed by atoms with Crippen molar-refractivity contribution in [2.75, 3.05) is 11.9 Å². The second-order valence-corrected chi connectivity index (χ2v) is 9.18. The number of carbonyl (C=O) groups is 1. The van der Waals surface area contributed by atoms with E-state index in [1.54, 1.807) is 31.2 Å². The maximum atomic E-state index is 12.6. The third-order valence-corrected chi connectivity index (χ3v) is 6.10. The second kappa shape index (κ2) is 11.1. The van der Waals surface area contributed by atoms with Crippen LogP contribution in [0.5, 0.6) is 11.5 Å². The number of halogens is 2. The number of ether oxygens (including phenoxy) is 1. The molecular formula is C24H18Cl2N2O5S. The highest BCUT2D eigenvalue weighted by atomic mass is 35.5. The predicted octanol–water partition coefficient (Wildman–Crippen LogP) is 5.71. The normalized spacial score (nSPS) is 11.4. The van der Waals surface area contributed by atoms with Gasteiger partial charge in [-0.2, -0.15) is 13.7 Å². The van der Waals surface area contributed by atoms with Crippen molar-refractivity contribution in [3.05, 3.63) is 87.9 Å². The Balaban J connectivity index is 1.86. The summed E-state index contributed by atoms with van der Waals surface area (Å²) in [4.78, 5) is 12.4.